The quantitative estimate of drug-likeness (QED) is 0.0390. The molecule has 0 aliphatic carbocycles. The normalized spacial score (nSPS) is 13.5. The van der Waals surface area contributed by atoms with Crippen molar-refractivity contribution in [3.05, 3.63) is 0 Å². The molecule has 10 heteroatoms. The molecule has 2 atom stereocenters. The van der Waals surface area contributed by atoms with Gasteiger partial charge in [-0.1, -0.05) is 136 Å². The van der Waals surface area contributed by atoms with Crippen LogP contribution in [-0.4, -0.2) is 54.3 Å². The third-order valence-corrected chi connectivity index (χ3v) is 8.27. The lowest BCUT2D eigenvalue weighted by atomic mass is 10.0. The second-order valence-corrected chi connectivity index (χ2v) is 13.0. The highest BCUT2D eigenvalue weighted by Crippen LogP contribution is 2.42. The van der Waals surface area contributed by atoms with Crippen LogP contribution in [0.25, 0.3) is 0 Å². The molecule has 250 valence electrons. The molecular weight excluding hydrogens is 557 g/mol. The molecule has 0 fully saturated rings. The van der Waals surface area contributed by atoms with E-state index in [-0.39, 0.29) is 32.1 Å². The van der Waals surface area contributed by atoms with E-state index in [1.165, 1.54) is 89.9 Å². The van der Waals surface area contributed by atoms with Crippen LogP contribution in [0.4, 0.5) is 0 Å². The Bertz CT molecular complexity index is 679. The standard InChI is InChI=1S/C32H64NO8P/c1-3-5-7-9-11-12-13-14-15-16-17-18-19-20-22-24-31(35)33-26-27-40-42(37,38)41-29-30(34)28-39-32(36)25-23-21-10-8-6-4-2/h30,34H,3-29H2,1-2H3,(H,33,35)(H,37,38). The zero-order valence-corrected chi connectivity index (χ0v) is 27.9. The molecule has 0 aromatic heterocycles. The van der Waals surface area contributed by atoms with Crippen LogP contribution < -0.4 is 5.32 Å². The van der Waals surface area contributed by atoms with Gasteiger partial charge < -0.3 is 20.1 Å². The Hall–Kier alpha value is -0.990. The number of phosphoric acid groups is 1. The van der Waals surface area contributed by atoms with E-state index in [2.05, 4.69) is 19.2 Å². The summed E-state index contributed by atoms with van der Waals surface area (Å²) in [6, 6.07) is 0. The predicted molar refractivity (Wildman–Crippen MR) is 169 cm³/mol. The highest BCUT2D eigenvalue weighted by Gasteiger charge is 2.23. The van der Waals surface area contributed by atoms with Gasteiger partial charge in [0.1, 0.15) is 12.7 Å². The van der Waals surface area contributed by atoms with E-state index in [1.807, 2.05) is 0 Å². The lowest BCUT2D eigenvalue weighted by molar-refractivity contribution is -0.147. The van der Waals surface area contributed by atoms with Crippen molar-refractivity contribution >= 4 is 19.7 Å². The molecule has 0 aromatic carbocycles. The van der Waals surface area contributed by atoms with Gasteiger partial charge in [-0.05, 0) is 12.8 Å². The van der Waals surface area contributed by atoms with Crippen molar-refractivity contribution in [3.63, 3.8) is 0 Å². The molecule has 0 spiro atoms. The molecule has 0 saturated carbocycles. The van der Waals surface area contributed by atoms with Gasteiger partial charge in [-0.25, -0.2) is 4.57 Å². The molecule has 1 amide bonds. The number of aliphatic hydroxyl groups excluding tert-OH is 1. The molecule has 0 saturated heterocycles. The number of esters is 1. The molecule has 9 nitrogen and oxygen atoms in total. The molecule has 0 aromatic rings. The molecule has 0 heterocycles. The summed E-state index contributed by atoms with van der Waals surface area (Å²) in [5, 5.41) is 12.5. The van der Waals surface area contributed by atoms with Crippen molar-refractivity contribution in [2.24, 2.45) is 0 Å². The second-order valence-electron chi connectivity index (χ2n) is 11.5. The molecule has 42 heavy (non-hydrogen) atoms. The fourth-order valence-electron chi connectivity index (χ4n) is 4.67. The minimum Gasteiger partial charge on any atom is -0.463 e. The summed E-state index contributed by atoms with van der Waals surface area (Å²) in [5.41, 5.74) is 0. The molecule has 2 unspecified atom stereocenters. The Morgan fingerprint density at radius 2 is 1.07 bits per heavy atom. The first-order chi connectivity index (χ1) is 20.3. The van der Waals surface area contributed by atoms with Crippen LogP contribution in [0.5, 0.6) is 0 Å². The molecule has 0 aliphatic rings. The monoisotopic (exact) mass is 621 g/mol. The minimum absolute atomic E-state index is 0.0874. The largest absolute Gasteiger partial charge is 0.472 e. The van der Waals surface area contributed by atoms with Crippen molar-refractivity contribution in [2.75, 3.05) is 26.4 Å². The summed E-state index contributed by atoms with van der Waals surface area (Å²) in [4.78, 5) is 33.4. The topological polar surface area (TPSA) is 131 Å². The zero-order chi connectivity index (χ0) is 31.2. The predicted octanol–water partition coefficient (Wildman–Crippen LogP) is 8.15. The molecule has 0 aliphatic heterocycles. The van der Waals surface area contributed by atoms with Gasteiger partial charge in [0.2, 0.25) is 5.91 Å². The Balaban J connectivity index is 3.58. The van der Waals surface area contributed by atoms with E-state index in [9.17, 15) is 24.2 Å². The van der Waals surface area contributed by atoms with Gasteiger partial charge in [-0.2, -0.15) is 0 Å². The number of hydrogen-bond donors (Lipinski definition) is 3. The number of carbonyl (C=O) groups excluding carboxylic acids is 2. The first-order valence-electron chi connectivity index (χ1n) is 17.0. The smallest absolute Gasteiger partial charge is 0.463 e. The van der Waals surface area contributed by atoms with E-state index >= 15 is 0 Å². The van der Waals surface area contributed by atoms with Gasteiger partial charge in [0, 0.05) is 19.4 Å². The van der Waals surface area contributed by atoms with E-state index in [0.717, 1.165) is 44.9 Å². The summed E-state index contributed by atoms with van der Waals surface area (Å²) < 4.78 is 26.5. The summed E-state index contributed by atoms with van der Waals surface area (Å²) in [7, 11) is -4.39. The number of ether oxygens (including phenoxy) is 1. The van der Waals surface area contributed by atoms with Gasteiger partial charge in [0.15, 0.2) is 0 Å². The Morgan fingerprint density at radius 1 is 0.643 bits per heavy atom. The van der Waals surface area contributed by atoms with Crippen LogP contribution in [0.1, 0.15) is 162 Å². The fraction of sp³-hybridized carbons (Fsp3) is 0.938. The number of amides is 1. The zero-order valence-electron chi connectivity index (χ0n) is 27.0. The van der Waals surface area contributed by atoms with Gasteiger partial charge in [-0.15, -0.1) is 0 Å². The minimum atomic E-state index is -4.39. The summed E-state index contributed by atoms with van der Waals surface area (Å²) in [6.45, 7) is 3.47. The van der Waals surface area contributed by atoms with E-state index in [4.69, 9.17) is 13.8 Å². The van der Waals surface area contributed by atoms with Gasteiger partial charge in [0.05, 0.1) is 13.2 Å². The third-order valence-electron chi connectivity index (χ3n) is 7.29. The summed E-state index contributed by atoms with van der Waals surface area (Å²) in [5.74, 6) is -0.520. The number of rotatable bonds is 32. The number of phosphoric ester groups is 1. The average molecular weight is 622 g/mol. The Kier molecular flexibility index (Phi) is 29.3. The highest BCUT2D eigenvalue weighted by atomic mass is 31.2. The van der Waals surface area contributed by atoms with Crippen LogP contribution in [0.3, 0.4) is 0 Å². The first-order valence-corrected chi connectivity index (χ1v) is 18.5. The van der Waals surface area contributed by atoms with Gasteiger partial charge in [-0.3, -0.25) is 18.6 Å². The molecule has 3 N–H and O–H groups in total. The van der Waals surface area contributed by atoms with Crippen LogP contribution >= 0.6 is 7.82 Å². The molecular formula is C32H64NO8P. The summed E-state index contributed by atoms with van der Waals surface area (Å²) >= 11 is 0. The van der Waals surface area contributed by atoms with Crippen molar-refractivity contribution in [2.45, 2.75) is 168 Å². The lowest BCUT2D eigenvalue weighted by Crippen LogP contribution is -2.27. The van der Waals surface area contributed by atoms with E-state index < -0.39 is 26.5 Å². The maximum absolute atomic E-state index is 12.0. The van der Waals surface area contributed by atoms with Crippen molar-refractivity contribution in [3.8, 4) is 0 Å². The van der Waals surface area contributed by atoms with Crippen LogP contribution in [0, 0.1) is 0 Å². The SMILES string of the molecule is CCCCCCCCCCCCCCCCCC(=O)NCCOP(=O)(O)OCC(O)COC(=O)CCCCCCCC. The van der Waals surface area contributed by atoms with E-state index in [1.54, 1.807) is 0 Å². The third kappa shape index (κ3) is 30.5. The number of hydrogen-bond acceptors (Lipinski definition) is 7. The first kappa shape index (κ1) is 41.0. The van der Waals surface area contributed by atoms with E-state index in [0.29, 0.717) is 6.42 Å². The molecule has 0 radical (unpaired) electrons. The maximum atomic E-state index is 12.0. The maximum Gasteiger partial charge on any atom is 0.472 e. The van der Waals surface area contributed by atoms with Gasteiger partial charge >= 0.3 is 13.8 Å². The lowest BCUT2D eigenvalue weighted by Gasteiger charge is -2.15. The highest BCUT2D eigenvalue weighted by molar-refractivity contribution is 7.47. The fourth-order valence-corrected chi connectivity index (χ4v) is 5.43. The summed E-state index contributed by atoms with van der Waals surface area (Å²) in [6.07, 6.45) is 24.9. The Morgan fingerprint density at radius 3 is 1.55 bits per heavy atom. The molecule has 0 bridgehead atoms. The van der Waals surface area contributed by atoms with Crippen LogP contribution in [0.2, 0.25) is 0 Å². The number of carbonyl (C=O) groups is 2. The molecule has 0 rings (SSSR count). The number of nitrogens with one attached hydrogen (secondary N) is 1. The average Bonchev–Trinajstić information content (AvgIpc) is 2.97. The number of aliphatic hydroxyl groups is 1. The number of unbranched alkanes of at least 4 members (excludes halogenated alkanes) is 19. The Labute approximate surface area is 256 Å². The van der Waals surface area contributed by atoms with Crippen molar-refractivity contribution in [1.29, 1.82) is 0 Å². The van der Waals surface area contributed by atoms with Gasteiger partial charge in [0.25, 0.3) is 0 Å². The second kappa shape index (κ2) is 30.1. The van der Waals surface area contributed by atoms with Crippen molar-refractivity contribution in [1.82, 2.24) is 5.32 Å². The van der Waals surface area contributed by atoms with Crippen LogP contribution in [-0.2, 0) is 27.9 Å². The van der Waals surface area contributed by atoms with Crippen LogP contribution in [0.15, 0.2) is 0 Å². The van der Waals surface area contributed by atoms with Crippen molar-refractivity contribution < 1.29 is 37.9 Å².